The predicted octanol–water partition coefficient (Wildman–Crippen LogP) is 1.89. The van der Waals surface area contributed by atoms with Gasteiger partial charge >= 0.3 is 12.4 Å². The Morgan fingerprint density at radius 3 is 1.21 bits per heavy atom. The highest BCUT2D eigenvalue weighted by atomic mass is 19.4. The van der Waals surface area contributed by atoms with Crippen LogP contribution in [0.5, 0.6) is 0 Å². The fraction of sp³-hybridized carbons (Fsp3) is 0.667. The van der Waals surface area contributed by atoms with E-state index in [0.29, 0.717) is 0 Å². The Bertz CT molecular complexity index is 224. The summed E-state index contributed by atoms with van der Waals surface area (Å²) in [7, 11) is 0. The van der Waals surface area contributed by atoms with Gasteiger partial charge in [-0.2, -0.15) is 26.3 Å². The number of carbonyl (C=O) groups is 2. The van der Waals surface area contributed by atoms with Crippen molar-refractivity contribution < 1.29 is 35.9 Å². The molecule has 2 nitrogen and oxygen atoms in total. The minimum Gasteiger partial charge on any atom is -0.289 e. The van der Waals surface area contributed by atoms with E-state index in [0.717, 1.165) is 0 Å². The van der Waals surface area contributed by atoms with E-state index in [1.165, 1.54) is 0 Å². The van der Waals surface area contributed by atoms with E-state index in [9.17, 15) is 35.9 Å². The number of alkyl halides is 6. The molecule has 0 aliphatic rings. The number of hydrogen-bond donors (Lipinski definition) is 0. The van der Waals surface area contributed by atoms with Crippen LogP contribution in [-0.4, -0.2) is 23.9 Å². The molecule has 0 atom stereocenters. The van der Waals surface area contributed by atoms with E-state index in [1.54, 1.807) is 0 Å². The number of rotatable bonds is 2. The lowest BCUT2D eigenvalue weighted by molar-refractivity contribution is -0.188. The molecule has 0 aromatic carbocycles. The highest BCUT2D eigenvalue weighted by Crippen LogP contribution is 2.27. The van der Waals surface area contributed by atoms with Crippen molar-refractivity contribution in [1.82, 2.24) is 0 Å². The molecule has 14 heavy (non-hydrogen) atoms. The Morgan fingerprint density at radius 2 is 1.07 bits per heavy atom. The van der Waals surface area contributed by atoms with Gasteiger partial charge in [-0.25, -0.2) is 0 Å². The van der Waals surface area contributed by atoms with Crippen LogP contribution in [0.15, 0.2) is 0 Å². The van der Waals surface area contributed by atoms with Crippen molar-refractivity contribution in [3.8, 4) is 0 Å². The summed E-state index contributed by atoms with van der Waals surface area (Å²) in [5, 5.41) is 0. The maximum absolute atomic E-state index is 11.6. The van der Waals surface area contributed by atoms with Crippen LogP contribution in [0.2, 0.25) is 0 Å². The largest absolute Gasteiger partial charge is 0.450 e. The van der Waals surface area contributed by atoms with Gasteiger partial charge in [0.25, 0.3) is 0 Å². The van der Waals surface area contributed by atoms with Crippen molar-refractivity contribution in [2.45, 2.75) is 19.3 Å². The van der Waals surface area contributed by atoms with E-state index in [1.807, 2.05) is 0 Å². The van der Waals surface area contributed by atoms with Gasteiger partial charge in [0.15, 0.2) is 0 Å². The van der Waals surface area contributed by atoms with Crippen molar-refractivity contribution >= 4 is 11.6 Å². The number of ketones is 2. The third-order valence-electron chi connectivity index (χ3n) is 1.35. The Labute approximate surface area is 73.9 Å². The summed E-state index contributed by atoms with van der Waals surface area (Å²) in [4.78, 5) is 20.4. The molecule has 0 aromatic heterocycles. The fourth-order valence-electron chi connectivity index (χ4n) is 0.610. The highest BCUT2D eigenvalue weighted by molar-refractivity contribution is 6.06. The summed E-state index contributed by atoms with van der Waals surface area (Å²) >= 11 is 0. The second-order valence-electron chi connectivity index (χ2n) is 2.45. The lowest BCUT2D eigenvalue weighted by atomic mass is 10.0. The van der Waals surface area contributed by atoms with Gasteiger partial charge in [0.1, 0.15) is 0 Å². The fourth-order valence-corrected chi connectivity index (χ4v) is 0.610. The second-order valence-corrected chi connectivity index (χ2v) is 2.45. The summed E-state index contributed by atoms with van der Waals surface area (Å²) in [5.74, 6) is -8.13. The van der Waals surface area contributed by atoms with E-state index in [4.69, 9.17) is 0 Å². The normalized spacial score (nSPS) is 13.1. The first-order valence-corrected chi connectivity index (χ1v) is 3.20. The maximum atomic E-state index is 11.6. The zero-order chi connectivity index (χ0) is 11.7. The van der Waals surface area contributed by atoms with Gasteiger partial charge in [-0.15, -0.1) is 0 Å². The molecule has 0 N–H and O–H groups in total. The zero-order valence-electron chi connectivity index (χ0n) is 6.66. The molecule has 0 rings (SSSR count). The van der Waals surface area contributed by atoms with E-state index in [2.05, 4.69) is 0 Å². The number of hydrogen-bond acceptors (Lipinski definition) is 2. The van der Waals surface area contributed by atoms with E-state index < -0.39 is 29.8 Å². The SMILES string of the molecule is CC(C(=O)C(F)(F)F)C(=O)C(F)(F)F. The standard InChI is InChI=1S/C6H4F6O2/c1-2(3(13)5(7,8)9)4(14)6(10,11)12/h2H,1H3. The highest BCUT2D eigenvalue weighted by Gasteiger charge is 2.51. The maximum Gasteiger partial charge on any atom is 0.450 e. The Morgan fingerprint density at radius 1 is 0.857 bits per heavy atom. The molecule has 0 amide bonds. The van der Waals surface area contributed by atoms with Gasteiger partial charge < -0.3 is 0 Å². The van der Waals surface area contributed by atoms with Crippen LogP contribution in [0.1, 0.15) is 6.92 Å². The number of Topliss-reactive ketones (excluding diaryl/α,β-unsaturated/α-hetero) is 2. The summed E-state index contributed by atoms with van der Waals surface area (Å²) < 4.78 is 69.5. The summed E-state index contributed by atoms with van der Waals surface area (Å²) in [6.07, 6.45) is -10.9. The molecule has 0 aromatic rings. The molecular weight excluding hydrogens is 218 g/mol. The molecule has 0 spiro atoms. The van der Waals surface area contributed by atoms with Gasteiger partial charge in [0.2, 0.25) is 11.6 Å². The average molecular weight is 222 g/mol. The molecule has 0 bridgehead atoms. The lowest BCUT2D eigenvalue weighted by Gasteiger charge is -2.13. The molecule has 0 radical (unpaired) electrons. The molecule has 82 valence electrons. The van der Waals surface area contributed by atoms with Crippen LogP contribution in [-0.2, 0) is 9.59 Å². The first-order chi connectivity index (χ1) is 5.98. The minimum atomic E-state index is -5.43. The molecule has 0 saturated carbocycles. The van der Waals surface area contributed by atoms with E-state index in [-0.39, 0.29) is 6.92 Å². The minimum absolute atomic E-state index is 0.269. The second kappa shape index (κ2) is 3.58. The molecule has 8 heteroatoms. The summed E-state index contributed by atoms with van der Waals surface area (Å²) in [6.45, 7) is 0.269. The smallest absolute Gasteiger partial charge is 0.289 e. The van der Waals surface area contributed by atoms with Gasteiger partial charge in [-0.3, -0.25) is 9.59 Å². The molecule has 0 heterocycles. The van der Waals surface area contributed by atoms with Crippen LogP contribution in [0, 0.1) is 5.92 Å². The number of carbonyl (C=O) groups excluding carboxylic acids is 2. The first-order valence-electron chi connectivity index (χ1n) is 3.20. The molecular formula is C6H4F6O2. The van der Waals surface area contributed by atoms with E-state index >= 15 is 0 Å². The summed E-state index contributed by atoms with van der Waals surface area (Å²) in [5.41, 5.74) is 0. The third kappa shape index (κ3) is 3.00. The molecule has 0 aliphatic heterocycles. The van der Waals surface area contributed by atoms with Crippen molar-refractivity contribution in [1.29, 1.82) is 0 Å². The number of halogens is 6. The zero-order valence-corrected chi connectivity index (χ0v) is 6.66. The lowest BCUT2D eigenvalue weighted by Crippen LogP contribution is -2.39. The quantitative estimate of drug-likeness (QED) is 0.528. The first kappa shape index (κ1) is 12.9. The monoisotopic (exact) mass is 222 g/mol. The van der Waals surface area contributed by atoms with Gasteiger partial charge in [-0.05, 0) is 6.92 Å². The van der Waals surface area contributed by atoms with Crippen molar-refractivity contribution in [3.05, 3.63) is 0 Å². The van der Waals surface area contributed by atoms with Crippen molar-refractivity contribution in [2.24, 2.45) is 5.92 Å². The third-order valence-corrected chi connectivity index (χ3v) is 1.35. The Kier molecular flexibility index (Phi) is 3.31. The van der Waals surface area contributed by atoms with Gasteiger partial charge in [-0.1, -0.05) is 0 Å². The van der Waals surface area contributed by atoms with Crippen LogP contribution in [0.3, 0.4) is 0 Å². The van der Waals surface area contributed by atoms with Crippen molar-refractivity contribution in [2.75, 3.05) is 0 Å². The van der Waals surface area contributed by atoms with Gasteiger partial charge in [0.05, 0.1) is 5.92 Å². The predicted molar refractivity (Wildman–Crippen MR) is 31.3 cm³/mol. The Hall–Kier alpha value is -1.08. The van der Waals surface area contributed by atoms with Crippen molar-refractivity contribution in [3.63, 3.8) is 0 Å². The average Bonchev–Trinajstić information content (AvgIpc) is 1.97. The molecule has 0 unspecified atom stereocenters. The topological polar surface area (TPSA) is 34.1 Å². The molecule has 0 aliphatic carbocycles. The molecule has 0 saturated heterocycles. The van der Waals surface area contributed by atoms with Crippen LogP contribution in [0.25, 0.3) is 0 Å². The van der Waals surface area contributed by atoms with Crippen LogP contribution in [0.4, 0.5) is 26.3 Å². The van der Waals surface area contributed by atoms with Gasteiger partial charge in [0, 0.05) is 0 Å². The Balaban J connectivity index is 4.74. The van der Waals surface area contributed by atoms with Crippen LogP contribution >= 0.6 is 0 Å². The molecule has 0 fully saturated rings. The summed E-state index contributed by atoms with van der Waals surface area (Å²) in [6, 6.07) is 0. The van der Waals surface area contributed by atoms with Crippen LogP contribution < -0.4 is 0 Å².